The summed E-state index contributed by atoms with van der Waals surface area (Å²) in [5, 5.41) is 8.40. The Labute approximate surface area is 103 Å². The van der Waals surface area contributed by atoms with Crippen LogP contribution in [0.4, 0.5) is 5.69 Å². The lowest BCUT2D eigenvalue weighted by Gasteiger charge is -2.09. The number of nitriles is 1. The topological polar surface area (TPSA) is 71.8 Å². The molecular formula is C11H14BrN3O. The van der Waals surface area contributed by atoms with Crippen LogP contribution in [0.1, 0.15) is 24.8 Å². The molecule has 5 heteroatoms. The molecule has 2 N–H and O–H groups in total. The smallest absolute Gasteiger partial charge is 0.265 e. The van der Waals surface area contributed by atoms with Crippen LogP contribution in [0, 0.1) is 18.3 Å². The average Bonchev–Trinajstić information content (AvgIpc) is 2.28. The van der Waals surface area contributed by atoms with E-state index in [4.69, 9.17) is 11.0 Å². The highest BCUT2D eigenvalue weighted by Crippen LogP contribution is 2.17. The van der Waals surface area contributed by atoms with Gasteiger partial charge < -0.3 is 10.3 Å². The van der Waals surface area contributed by atoms with Crippen molar-refractivity contribution in [2.45, 2.75) is 32.7 Å². The zero-order chi connectivity index (χ0) is 12.1. The summed E-state index contributed by atoms with van der Waals surface area (Å²) in [6.45, 7) is 2.41. The molecule has 0 spiro atoms. The Hall–Kier alpha value is -1.28. The van der Waals surface area contributed by atoms with E-state index in [1.807, 2.05) is 0 Å². The molecule has 0 radical (unpaired) electrons. The summed E-state index contributed by atoms with van der Waals surface area (Å²) in [6.07, 6.45) is 3.79. The Morgan fingerprint density at radius 3 is 2.88 bits per heavy atom. The third-order valence-electron chi connectivity index (χ3n) is 2.44. The van der Waals surface area contributed by atoms with Crippen molar-refractivity contribution >= 4 is 21.6 Å². The predicted molar refractivity (Wildman–Crippen MR) is 67.0 cm³/mol. The van der Waals surface area contributed by atoms with Crippen molar-refractivity contribution in [3.8, 4) is 6.07 Å². The maximum atomic E-state index is 11.8. The van der Waals surface area contributed by atoms with Crippen molar-refractivity contribution in [1.82, 2.24) is 4.57 Å². The van der Waals surface area contributed by atoms with Crippen LogP contribution in [0.5, 0.6) is 0 Å². The van der Waals surface area contributed by atoms with Gasteiger partial charge in [0.25, 0.3) is 5.56 Å². The van der Waals surface area contributed by atoms with Gasteiger partial charge in [0.15, 0.2) is 0 Å². The van der Waals surface area contributed by atoms with E-state index in [2.05, 4.69) is 22.0 Å². The fourth-order valence-corrected chi connectivity index (χ4v) is 1.85. The predicted octanol–water partition coefficient (Wildman–Crippen LogP) is 2.20. The van der Waals surface area contributed by atoms with Crippen LogP contribution >= 0.6 is 15.9 Å². The first kappa shape index (κ1) is 12.8. The van der Waals surface area contributed by atoms with E-state index >= 15 is 0 Å². The summed E-state index contributed by atoms with van der Waals surface area (Å²) < 4.78 is 2.11. The molecule has 0 bridgehead atoms. The lowest BCUT2D eigenvalue weighted by molar-refractivity contribution is 0.598. The number of nitrogens with zero attached hydrogens (tertiary/aromatic N) is 2. The Balaban J connectivity index is 2.82. The van der Waals surface area contributed by atoms with E-state index in [0.717, 1.165) is 18.4 Å². The molecule has 1 aromatic rings. The van der Waals surface area contributed by atoms with E-state index < -0.39 is 0 Å². The van der Waals surface area contributed by atoms with Gasteiger partial charge in [0, 0.05) is 19.2 Å². The molecule has 1 rings (SSSR count). The number of unbranched alkanes of at least 4 members (excludes halogenated alkanes) is 2. The van der Waals surface area contributed by atoms with Crippen LogP contribution in [0.25, 0.3) is 0 Å². The number of aryl methyl sites for hydroxylation is 1. The Morgan fingerprint density at radius 2 is 2.25 bits per heavy atom. The highest BCUT2D eigenvalue weighted by atomic mass is 79.9. The van der Waals surface area contributed by atoms with Gasteiger partial charge >= 0.3 is 0 Å². The molecule has 1 aromatic heterocycles. The molecule has 0 saturated carbocycles. The van der Waals surface area contributed by atoms with E-state index in [0.29, 0.717) is 23.1 Å². The molecule has 86 valence electrons. The standard InChI is InChI=1S/C11H14BrN3O/c1-8-9(14)7-15(11(16)10(8)12)6-4-2-3-5-13/h7H,2-4,6,14H2,1H3. The van der Waals surface area contributed by atoms with Crippen LogP contribution in [-0.2, 0) is 6.54 Å². The van der Waals surface area contributed by atoms with Gasteiger partial charge in [0.1, 0.15) is 0 Å². The molecule has 0 saturated heterocycles. The first-order valence-electron chi connectivity index (χ1n) is 5.10. The fraction of sp³-hybridized carbons (Fsp3) is 0.455. The summed E-state index contributed by atoms with van der Waals surface area (Å²) >= 11 is 3.24. The van der Waals surface area contributed by atoms with E-state index in [-0.39, 0.29) is 5.56 Å². The van der Waals surface area contributed by atoms with Crippen molar-refractivity contribution in [1.29, 1.82) is 5.26 Å². The number of halogens is 1. The summed E-state index contributed by atoms with van der Waals surface area (Å²) in [5.74, 6) is 0. The highest BCUT2D eigenvalue weighted by Gasteiger charge is 2.07. The van der Waals surface area contributed by atoms with Crippen molar-refractivity contribution in [2.75, 3.05) is 5.73 Å². The number of anilines is 1. The number of hydrogen-bond donors (Lipinski definition) is 1. The molecule has 0 unspecified atom stereocenters. The normalized spacial score (nSPS) is 10.1. The monoisotopic (exact) mass is 283 g/mol. The minimum atomic E-state index is -0.0661. The third kappa shape index (κ3) is 2.86. The maximum Gasteiger partial charge on any atom is 0.265 e. The molecule has 0 atom stereocenters. The lowest BCUT2D eigenvalue weighted by atomic mass is 10.2. The van der Waals surface area contributed by atoms with E-state index in [9.17, 15) is 4.79 Å². The number of nitrogens with two attached hydrogens (primary N) is 1. The molecule has 4 nitrogen and oxygen atoms in total. The summed E-state index contributed by atoms with van der Waals surface area (Å²) in [4.78, 5) is 11.8. The molecule has 1 heterocycles. The average molecular weight is 284 g/mol. The van der Waals surface area contributed by atoms with Gasteiger partial charge in [-0.3, -0.25) is 4.79 Å². The highest BCUT2D eigenvalue weighted by molar-refractivity contribution is 9.10. The van der Waals surface area contributed by atoms with Crippen LogP contribution in [0.2, 0.25) is 0 Å². The van der Waals surface area contributed by atoms with E-state index in [1.165, 1.54) is 0 Å². The third-order valence-corrected chi connectivity index (χ3v) is 3.38. The van der Waals surface area contributed by atoms with Gasteiger partial charge in [0.05, 0.1) is 16.2 Å². The number of aromatic nitrogens is 1. The number of nitrogen functional groups attached to an aromatic ring is 1. The van der Waals surface area contributed by atoms with Crippen LogP contribution in [0.15, 0.2) is 15.5 Å². The number of pyridine rings is 1. The van der Waals surface area contributed by atoms with Gasteiger partial charge in [-0.2, -0.15) is 5.26 Å². The van der Waals surface area contributed by atoms with Gasteiger partial charge in [-0.15, -0.1) is 0 Å². The Bertz CT molecular complexity index is 473. The van der Waals surface area contributed by atoms with Crippen molar-refractivity contribution < 1.29 is 0 Å². The van der Waals surface area contributed by atoms with Crippen LogP contribution < -0.4 is 11.3 Å². The van der Waals surface area contributed by atoms with Gasteiger partial charge in [0.2, 0.25) is 0 Å². The Kier molecular flexibility index (Phi) is 4.56. The zero-order valence-corrected chi connectivity index (χ0v) is 10.7. The number of rotatable bonds is 4. The van der Waals surface area contributed by atoms with Crippen molar-refractivity contribution in [2.24, 2.45) is 0 Å². The minimum Gasteiger partial charge on any atom is -0.397 e. The maximum absolute atomic E-state index is 11.8. The largest absolute Gasteiger partial charge is 0.397 e. The summed E-state index contributed by atoms with van der Waals surface area (Å²) in [5.41, 5.74) is 7.09. The lowest BCUT2D eigenvalue weighted by Crippen LogP contribution is -2.22. The first-order valence-corrected chi connectivity index (χ1v) is 5.89. The SMILES string of the molecule is Cc1c(N)cn(CCCCC#N)c(=O)c1Br. The molecule has 0 aromatic carbocycles. The molecule has 0 aliphatic rings. The quantitative estimate of drug-likeness (QED) is 0.861. The van der Waals surface area contributed by atoms with Gasteiger partial charge in [-0.1, -0.05) is 0 Å². The van der Waals surface area contributed by atoms with E-state index in [1.54, 1.807) is 17.7 Å². The van der Waals surface area contributed by atoms with Crippen LogP contribution in [0.3, 0.4) is 0 Å². The molecule has 0 fully saturated rings. The first-order chi connectivity index (χ1) is 7.57. The molecule has 0 amide bonds. The van der Waals surface area contributed by atoms with Crippen molar-refractivity contribution in [3.05, 3.63) is 26.6 Å². The second kappa shape index (κ2) is 5.71. The molecule has 0 aliphatic heterocycles. The number of hydrogen-bond acceptors (Lipinski definition) is 3. The molecule has 16 heavy (non-hydrogen) atoms. The molecule has 0 aliphatic carbocycles. The van der Waals surface area contributed by atoms with Gasteiger partial charge in [-0.05, 0) is 41.3 Å². The molecular weight excluding hydrogens is 270 g/mol. The fourth-order valence-electron chi connectivity index (χ4n) is 1.39. The van der Waals surface area contributed by atoms with Crippen molar-refractivity contribution in [3.63, 3.8) is 0 Å². The van der Waals surface area contributed by atoms with Crippen LogP contribution in [-0.4, -0.2) is 4.57 Å². The van der Waals surface area contributed by atoms with Gasteiger partial charge in [-0.25, -0.2) is 0 Å². The minimum absolute atomic E-state index is 0.0661. The Morgan fingerprint density at radius 1 is 1.56 bits per heavy atom. The summed E-state index contributed by atoms with van der Waals surface area (Å²) in [7, 11) is 0. The zero-order valence-electron chi connectivity index (χ0n) is 9.16. The second-order valence-corrected chi connectivity index (χ2v) is 4.43. The second-order valence-electron chi connectivity index (χ2n) is 3.64. The summed E-state index contributed by atoms with van der Waals surface area (Å²) in [6, 6.07) is 2.08.